The van der Waals surface area contributed by atoms with Gasteiger partial charge in [-0.15, -0.1) is 0 Å². The maximum absolute atomic E-state index is 12.7. The van der Waals surface area contributed by atoms with Gasteiger partial charge < -0.3 is 10.2 Å². The number of pyridine rings is 1. The van der Waals surface area contributed by atoms with Crippen molar-refractivity contribution in [2.45, 2.75) is 39.7 Å². The van der Waals surface area contributed by atoms with Crippen molar-refractivity contribution in [3.63, 3.8) is 0 Å². The Labute approximate surface area is 115 Å². The molecule has 4 heteroatoms. The molecule has 1 aromatic rings. The number of hydrogen-bond acceptors (Lipinski definition) is 3. The second-order valence-electron chi connectivity index (χ2n) is 5.41. The lowest BCUT2D eigenvalue weighted by Gasteiger charge is -2.36. The zero-order chi connectivity index (χ0) is 13.8. The molecular formula is C15H23N3O. The lowest BCUT2D eigenvalue weighted by Crippen LogP contribution is -2.44. The number of amides is 1. The first-order valence-electron chi connectivity index (χ1n) is 7.13. The third-order valence-corrected chi connectivity index (χ3v) is 3.78. The van der Waals surface area contributed by atoms with Crippen LogP contribution in [0.4, 0.5) is 5.82 Å². The smallest absolute Gasteiger partial charge is 0.257 e. The number of nitrogens with one attached hydrogen (secondary N) is 1. The first kappa shape index (κ1) is 13.8. The summed E-state index contributed by atoms with van der Waals surface area (Å²) in [5.41, 5.74) is 0.686. The van der Waals surface area contributed by atoms with Gasteiger partial charge in [-0.2, -0.15) is 0 Å². The Morgan fingerprint density at radius 1 is 1.53 bits per heavy atom. The summed E-state index contributed by atoms with van der Waals surface area (Å²) in [6, 6.07) is 3.99. The monoisotopic (exact) mass is 261 g/mol. The Morgan fingerprint density at radius 3 is 3.00 bits per heavy atom. The van der Waals surface area contributed by atoms with Gasteiger partial charge in [0.1, 0.15) is 5.82 Å². The van der Waals surface area contributed by atoms with Gasteiger partial charge in [0, 0.05) is 25.3 Å². The Balaban J connectivity index is 2.19. The minimum Gasteiger partial charge on any atom is -0.370 e. The van der Waals surface area contributed by atoms with E-state index in [1.807, 2.05) is 24.0 Å². The summed E-state index contributed by atoms with van der Waals surface area (Å²) in [5.74, 6) is 1.51. The minimum atomic E-state index is 0.100. The molecule has 2 heterocycles. The van der Waals surface area contributed by atoms with Crippen LogP contribution >= 0.6 is 0 Å². The van der Waals surface area contributed by atoms with E-state index in [1.165, 1.54) is 0 Å². The normalized spacial score (nSPS) is 23.2. The first-order chi connectivity index (χ1) is 9.13. The molecule has 2 atom stereocenters. The zero-order valence-corrected chi connectivity index (χ0v) is 12.0. The van der Waals surface area contributed by atoms with Crippen LogP contribution < -0.4 is 5.32 Å². The van der Waals surface area contributed by atoms with Crippen LogP contribution in [0.2, 0.25) is 0 Å². The molecule has 0 saturated carbocycles. The van der Waals surface area contributed by atoms with Gasteiger partial charge in [-0.3, -0.25) is 4.79 Å². The Hall–Kier alpha value is -1.58. The van der Waals surface area contributed by atoms with Gasteiger partial charge in [-0.25, -0.2) is 4.98 Å². The summed E-state index contributed by atoms with van der Waals surface area (Å²) >= 11 is 0. The SMILES string of the molecule is CCNc1ncccc1C(=O)N1CCC(C)CC1C. The fraction of sp³-hybridized carbons (Fsp3) is 0.600. The molecule has 1 saturated heterocycles. The highest BCUT2D eigenvalue weighted by molar-refractivity contribution is 5.98. The Morgan fingerprint density at radius 2 is 2.32 bits per heavy atom. The molecule has 0 aromatic carbocycles. The average molecular weight is 261 g/mol. The lowest BCUT2D eigenvalue weighted by atomic mass is 9.93. The molecule has 4 nitrogen and oxygen atoms in total. The number of aromatic nitrogens is 1. The van der Waals surface area contributed by atoms with Crippen molar-refractivity contribution in [3.8, 4) is 0 Å². The predicted molar refractivity (Wildman–Crippen MR) is 77.3 cm³/mol. The summed E-state index contributed by atoms with van der Waals surface area (Å²) in [6.07, 6.45) is 3.89. The summed E-state index contributed by atoms with van der Waals surface area (Å²) in [5, 5.41) is 3.16. The van der Waals surface area contributed by atoms with Crippen LogP contribution in [0.3, 0.4) is 0 Å². The summed E-state index contributed by atoms with van der Waals surface area (Å²) in [6.45, 7) is 8.02. The third-order valence-electron chi connectivity index (χ3n) is 3.78. The molecule has 19 heavy (non-hydrogen) atoms. The highest BCUT2D eigenvalue weighted by atomic mass is 16.2. The van der Waals surface area contributed by atoms with E-state index < -0.39 is 0 Å². The van der Waals surface area contributed by atoms with Gasteiger partial charge in [0.2, 0.25) is 0 Å². The number of piperidine rings is 1. The molecule has 0 radical (unpaired) electrons. The number of likely N-dealkylation sites (tertiary alicyclic amines) is 1. The van der Waals surface area contributed by atoms with Crippen molar-refractivity contribution < 1.29 is 4.79 Å². The fourth-order valence-electron chi connectivity index (χ4n) is 2.75. The maximum atomic E-state index is 12.7. The largest absolute Gasteiger partial charge is 0.370 e. The van der Waals surface area contributed by atoms with E-state index in [9.17, 15) is 4.79 Å². The molecule has 2 rings (SSSR count). The van der Waals surface area contributed by atoms with E-state index in [1.54, 1.807) is 6.20 Å². The summed E-state index contributed by atoms with van der Waals surface area (Å²) in [7, 11) is 0. The maximum Gasteiger partial charge on any atom is 0.257 e. The van der Waals surface area contributed by atoms with E-state index in [2.05, 4.69) is 24.1 Å². The molecule has 1 aromatic heterocycles. The summed E-state index contributed by atoms with van der Waals surface area (Å²) in [4.78, 5) is 18.9. The third kappa shape index (κ3) is 3.06. The van der Waals surface area contributed by atoms with Crippen molar-refractivity contribution in [2.75, 3.05) is 18.4 Å². The van der Waals surface area contributed by atoms with Crippen molar-refractivity contribution >= 4 is 11.7 Å². The molecular weight excluding hydrogens is 238 g/mol. The highest BCUT2D eigenvalue weighted by Gasteiger charge is 2.28. The van der Waals surface area contributed by atoms with Gasteiger partial charge in [-0.05, 0) is 44.7 Å². The van der Waals surface area contributed by atoms with Gasteiger partial charge in [0.25, 0.3) is 5.91 Å². The number of carbonyl (C=O) groups is 1. The standard InChI is InChI=1S/C15H23N3O/c1-4-16-14-13(6-5-8-17-14)15(19)18-9-7-11(2)10-12(18)3/h5-6,8,11-12H,4,7,9-10H2,1-3H3,(H,16,17). The van der Waals surface area contributed by atoms with Gasteiger partial charge in [0.15, 0.2) is 0 Å². The molecule has 1 amide bonds. The second kappa shape index (κ2) is 6.04. The van der Waals surface area contributed by atoms with Crippen LogP contribution in [0.5, 0.6) is 0 Å². The minimum absolute atomic E-state index is 0.100. The predicted octanol–water partition coefficient (Wildman–Crippen LogP) is 2.77. The number of carbonyl (C=O) groups excluding carboxylic acids is 1. The van der Waals surface area contributed by atoms with Crippen LogP contribution in [0.15, 0.2) is 18.3 Å². The van der Waals surface area contributed by atoms with Crippen molar-refractivity contribution in [1.29, 1.82) is 0 Å². The first-order valence-corrected chi connectivity index (χ1v) is 7.13. The highest BCUT2D eigenvalue weighted by Crippen LogP contribution is 2.25. The van der Waals surface area contributed by atoms with Crippen LogP contribution in [-0.2, 0) is 0 Å². The number of hydrogen-bond donors (Lipinski definition) is 1. The van der Waals surface area contributed by atoms with Crippen molar-refractivity contribution in [2.24, 2.45) is 5.92 Å². The number of nitrogens with zero attached hydrogens (tertiary/aromatic N) is 2. The van der Waals surface area contributed by atoms with E-state index >= 15 is 0 Å². The van der Waals surface area contributed by atoms with Gasteiger partial charge in [-0.1, -0.05) is 6.92 Å². The van der Waals surface area contributed by atoms with E-state index in [-0.39, 0.29) is 5.91 Å². The van der Waals surface area contributed by atoms with Crippen molar-refractivity contribution in [3.05, 3.63) is 23.9 Å². The van der Waals surface area contributed by atoms with E-state index in [4.69, 9.17) is 0 Å². The zero-order valence-electron chi connectivity index (χ0n) is 12.0. The number of anilines is 1. The second-order valence-corrected chi connectivity index (χ2v) is 5.41. The summed E-state index contributed by atoms with van der Waals surface area (Å²) < 4.78 is 0. The molecule has 1 N–H and O–H groups in total. The molecule has 104 valence electrons. The molecule has 1 fully saturated rings. The van der Waals surface area contributed by atoms with E-state index in [0.717, 1.165) is 25.9 Å². The molecule has 0 bridgehead atoms. The van der Waals surface area contributed by atoms with Gasteiger partial charge >= 0.3 is 0 Å². The Bertz CT molecular complexity index is 447. The quantitative estimate of drug-likeness (QED) is 0.910. The topological polar surface area (TPSA) is 45.2 Å². The number of rotatable bonds is 3. The van der Waals surface area contributed by atoms with Crippen LogP contribution in [0.1, 0.15) is 44.0 Å². The van der Waals surface area contributed by atoms with E-state index in [0.29, 0.717) is 23.3 Å². The molecule has 1 aliphatic rings. The molecule has 2 unspecified atom stereocenters. The van der Waals surface area contributed by atoms with Crippen LogP contribution in [-0.4, -0.2) is 34.9 Å². The average Bonchev–Trinajstić information content (AvgIpc) is 2.39. The molecule has 0 spiro atoms. The van der Waals surface area contributed by atoms with Crippen molar-refractivity contribution in [1.82, 2.24) is 9.88 Å². The molecule has 1 aliphatic heterocycles. The fourth-order valence-corrected chi connectivity index (χ4v) is 2.75. The Kier molecular flexibility index (Phi) is 4.40. The molecule has 0 aliphatic carbocycles. The van der Waals surface area contributed by atoms with Crippen LogP contribution in [0, 0.1) is 5.92 Å². The van der Waals surface area contributed by atoms with Crippen LogP contribution in [0.25, 0.3) is 0 Å². The lowest BCUT2D eigenvalue weighted by molar-refractivity contribution is 0.0589. The van der Waals surface area contributed by atoms with Gasteiger partial charge in [0.05, 0.1) is 5.56 Å².